The standard InChI is InChI=1S/C16H27F3N4O2.HI/c1-20-15(21-12-4-5-22(9-12)11-16(17,18)19)23-6-8-25-14(10-23)13-3-2-7-24-13;/h12-14H,2-11H2,1H3,(H,20,21);1H. The number of alkyl halides is 3. The van der Waals surface area contributed by atoms with Crippen molar-refractivity contribution in [2.45, 2.75) is 43.7 Å². The van der Waals surface area contributed by atoms with Crippen LogP contribution in [0.1, 0.15) is 19.3 Å². The van der Waals surface area contributed by atoms with Gasteiger partial charge < -0.3 is 19.7 Å². The highest BCUT2D eigenvalue weighted by atomic mass is 127. The molecule has 0 aromatic rings. The Morgan fingerprint density at radius 2 is 1.88 bits per heavy atom. The Hall–Kier alpha value is -0.330. The quantitative estimate of drug-likeness (QED) is 0.370. The van der Waals surface area contributed by atoms with Crippen LogP contribution in [0.25, 0.3) is 0 Å². The lowest BCUT2D eigenvalue weighted by Gasteiger charge is -2.37. The van der Waals surface area contributed by atoms with E-state index >= 15 is 0 Å². The number of rotatable bonds is 3. The van der Waals surface area contributed by atoms with E-state index < -0.39 is 12.7 Å². The van der Waals surface area contributed by atoms with Crippen LogP contribution >= 0.6 is 24.0 Å². The minimum absolute atomic E-state index is 0. The number of morpholine rings is 1. The lowest BCUT2D eigenvalue weighted by atomic mass is 10.1. The summed E-state index contributed by atoms with van der Waals surface area (Å²) in [5, 5.41) is 3.33. The number of nitrogens with one attached hydrogen (secondary N) is 1. The normalized spacial score (nSPS) is 31.2. The highest BCUT2D eigenvalue weighted by Crippen LogP contribution is 2.22. The molecule has 0 amide bonds. The van der Waals surface area contributed by atoms with E-state index in [-0.39, 0.29) is 42.2 Å². The monoisotopic (exact) mass is 492 g/mol. The van der Waals surface area contributed by atoms with Crippen LogP contribution in [0.4, 0.5) is 13.2 Å². The topological polar surface area (TPSA) is 49.3 Å². The molecule has 152 valence electrons. The van der Waals surface area contributed by atoms with E-state index in [1.54, 1.807) is 7.05 Å². The third-order valence-corrected chi connectivity index (χ3v) is 4.99. The number of hydrogen-bond acceptors (Lipinski definition) is 4. The molecule has 10 heteroatoms. The number of hydrogen-bond donors (Lipinski definition) is 1. The van der Waals surface area contributed by atoms with Crippen LogP contribution in [0.5, 0.6) is 0 Å². The lowest BCUT2D eigenvalue weighted by Crippen LogP contribution is -2.55. The summed E-state index contributed by atoms with van der Waals surface area (Å²) in [6.07, 6.45) is -1.22. The van der Waals surface area contributed by atoms with Gasteiger partial charge in [-0.2, -0.15) is 13.2 Å². The largest absolute Gasteiger partial charge is 0.401 e. The molecule has 1 N–H and O–H groups in total. The van der Waals surface area contributed by atoms with Crippen molar-refractivity contribution in [1.29, 1.82) is 0 Å². The maximum Gasteiger partial charge on any atom is 0.401 e. The van der Waals surface area contributed by atoms with Gasteiger partial charge in [-0.3, -0.25) is 9.89 Å². The van der Waals surface area contributed by atoms with Crippen LogP contribution in [0, 0.1) is 0 Å². The predicted octanol–water partition coefficient (Wildman–Crippen LogP) is 1.70. The van der Waals surface area contributed by atoms with Gasteiger partial charge in [0.05, 0.1) is 19.3 Å². The van der Waals surface area contributed by atoms with Crippen LogP contribution in [0.2, 0.25) is 0 Å². The minimum atomic E-state index is -4.14. The molecule has 6 nitrogen and oxygen atoms in total. The average Bonchev–Trinajstić information content (AvgIpc) is 3.23. The van der Waals surface area contributed by atoms with Crippen LogP contribution in [0.15, 0.2) is 4.99 Å². The van der Waals surface area contributed by atoms with E-state index in [1.165, 1.54) is 4.90 Å². The molecule has 0 spiro atoms. The number of nitrogens with zero attached hydrogens (tertiary/aromatic N) is 3. The van der Waals surface area contributed by atoms with Crippen molar-refractivity contribution >= 4 is 29.9 Å². The summed E-state index contributed by atoms with van der Waals surface area (Å²) in [5.41, 5.74) is 0. The van der Waals surface area contributed by atoms with Crippen molar-refractivity contribution in [1.82, 2.24) is 15.1 Å². The molecule has 0 aromatic carbocycles. The highest BCUT2D eigenvalue weighted by molar-refractivity contribution is 14.0. The maximum atomic E-state index is 12.5. The van der Waals surface area contributed by atoms with E-state index in [9.17, 15) is 13.2 Å². The second-order valence-corrected chi connectivity index (χ2v) is 6.93. The van der Waals surface area contributed by atoms with Gasteiger partial charge in [-0.1, -0.05) is 0 Å². The van der Waals surface area contributed by atoms with Gasteiger partial charge in [0.25, 0.3) is 0 Å². The molecule has 0 aromatic heterocycles. The number of aliphatic imine (C=N–C) groups is 1. The second kappa shape index (κ2) is 9.74. The van der Waals surface area contributed by atoms with Gasteiger partial charge in [-0.05, 0) is 19.3 Å². The summed E-state index contributed by atoms with van der Waals surface area (Å²) < 4.78 is 49.1. The molecular weight excluding hydrogens is 464 g/mol. The zero-order chi connectivity index (χ0) is 17.9. The average molecular weight is 492 g/mol. The molecule has 3 unspecified atom stereocenters. The zero-order valence-electron chi connectivity index (χ0n) is 15.0. The van der Waals surface area contributed by atoms with E-state index in [0.29, 0.717) is 32.7 Å². The van der Waals surface area contributed by atoms with E-state index in [2.05, 4.69) is 15.2 Å². The van der Waals surface area contributed by atoms with Crippen LogP contribution in [-0.2, 0) is 9.47 Å². The van der Waals surface area contributed by atoms with Gasteiger partial charge in [-0.25, -0.2) is 0 Å². The van der Waals surface area contributed by atoms with E-state index in [1.807, 2.05) is 0 Å². The van der Waals surface area contributed by atoms with Crippen molar-refractivity contribution in [3.8, 4) is 0 Å². The van der Waals surface area contributed by atoms with Gasteiger partial charge >= 0.3 is 6.18 Å². The number of ether oxygens (including phenoxy) is 2. The Labute approximate surface area is 169 Å². The molecule has 3 heterocycles. The summed E-state index contributed by atoms with van der Waals surface area (Å²) in [5.74, 6) is 0.741. The molecule has 0 aliphatic carbocycles. The molecule has 3 rings (SSSR count). The molecule has 3 fully saturated rings. The van der Waals surface area contributed by atoms with Crippen LogP contribution in [0.3, 0.4) is 0 Å². The summed E-state index contributed by atoms with van der Waals surface area (Å²) in [6, 6.07) is -0.00919. The van der Waals surface area contributed by atoms with Gasteiger partial charge in [-0.15, -0.1) is 24.0 Å². The van der Waals surface area contributed by atoms with Crippen molar-refractivity contribution in [3.05, 3.63) is 0 Å². The first-order chi connectivity index (χ1) is 11.9. The van der Waals surface area contributed by atoms with Gasteiger partial charge in [0.2, 0.25) is 0 Å². The Morgan fingerprint density at radius 3 is 2.54 bits per heavy atom. The Kier molecular flexibility index (Phi) is 8.23. The van der Waals surface area contributed by atoms with E-state index in [4.69, 9.17) is 9.47 Å². The first-order valence-electron chi connectivity index (χ1n) is 8.95. The van der Waals surface area contributed by atoms with Gasteiger partial charge in [0, 0.05) is 45.9 Å². The maximum absolute atomic E-state index is 12.5. The summed E-state index contributed by atoms with van der Waals surface area (Å²) in [6.45, 7) is 2.81. The minimum Gasteiger partial charge on any atom is -0.375 e. The molecule has 3 aliphatic heterocycles. The fourth-order valence-electron chi connectivity index (χ4n) is 3.82. The van der Waals surface area contributed by atoms with Crippen molar-refractivity contribution in [3.63, 3.8) is 0 Å². The summed E-state index contributed by atoms with van der Waals surface area (Å²) >= 11 is 0. The lowest BCUT2D eigenvalue weighted by molar-refractivity contribution is -0.143. The molecule has 3 atom stereocenters. The van der Waals surface area contributed by atoms with Crippen molar-refractivity contribution in [2.24, 2.45) is 4.99 Å². The molecular formula is C16H28F3IN4O2. The Balaban J connectivity index is 0.00000243. The molecule has 0 radical (unpaired) electrons. The van der Waals surface area contributed by atoms with Gasteiger partial charge in [0.15, 0.2) is 5.96 Å². The van der Waals surface area contributed by atoms with Crippen molar-refractivity contribution in [2.75, 3.05) is 53.0 Å². The summed E-state index contributed by atoms with van der Waals surface area (Å²) in [4.78, 5) is 7.90. The third kappa shape index (κ3) is 6.10. The zero-order valence-corrected chi connectivity index (χ0v) is 17.3. The first-order valence-corrected chi connectivity index (χ1v) is 8.95. The van der Waals surface area contributed by atoms with Crippen LogP contribution in [-0.4, -0.2) is 93.2 Å². The predicted molar refractivity (Wildman–Crippen MR) is 103 cm³/mol. The SMILES string of the molecule is CN=C(NC1CCN(CC(F)(F)F)C1)N1CCOC(C2CCCO2)C1.I. The first kappa shape index (κ1) is 22.0. The number of halogens is 4. The second-order valence-electron chi connectivity index (χ2n) is 6.93. The van der Waals surface area contributed by atoms with Crippen LogP contribution < -0.4 is 5.32 Å². The fraction of sp³-hybridized carbons (Fsp3) is 0.938. The highest BCUT2D eigenvalue weighted by Gasteiger charge is 2.36. The third-order valence-electron chi connectivity index (χ3n) is 4.99. The smallest absolute Gasteiger partial charge is 0.375 e. The Morgan fingerprint density at radius 1 is 1.12 bits per heavy atom. The number of guanidine groups is 1. The molecule has 26 heavy (non-hydrogen) atoms. The molecule has 0 saturated carbocycles. The molecule has 3 aliphatic rings. The fourth-order valence-corrected chi connectivity index (χ4v) is 3.82. The van der Waals surface area contributed by atoms with Gasteiger partial charge in [0.1, 0.15) is 6.10 Å². The van der Waals surface area contributed by atoms with E-state index in [0.717, 1.165) is 32.0 Å². The van der Waals surface area contributed by atoms with Crippen molar-refractivity contribution < 1.29 is 22.6 Å². The Bertz CT molecular complexity index is 475. The number of likely N-dealkylation sites (tertiary alicyclic amines) is 1. The molecule has 3 saturated heterocycles. The summed E-state index contributed by atoms with van der Waals surface area (Å²) in [7, 11) is 1.71. The molecule has 0 bridgehead atoms.